The van der Waals surface area contributed by atoms with Gasteiger partial charge in [0.05, 0.1) is 25.4 Å². The van der Waals surface area contributed by atoms with Gasteiger partial charge < -0.3 is 50.5 Å². The molecule has 78 heavy (non-hydrogen) atoms. The minimum Gasteiger partial charge on any atom is -0.394 e. The van der Waals surface area contributed by atoms with Gasteiger partial charge in [0, 0.05) is 0 Å². The van der Waals surface area contributed by atoms with Crippen LogP contribution < -0.4 is 5.32 Å². The van der Waals surface area contributed by atoms with E-state index in [2.05, 4.69) is 19.2 Å². The van der Waals surface area contributed by atoms with Crippen molar-refractivity contribution in [1.82, 2.24) is 5.32 Å². The van der Waals surface area contributed by atoms with E-state index in [9.17, 15) is 40.5 Å². The summed E-state index contributed by atoms with van der Waals surface area (Å²) in [5.41, 5.74) is 0. The summed E-state index contributed by atoms with van der Waals surface area (Å²) in [4.78, 5) is 13.2. The van der Waals surface area contributed by atoms with E-state index in [0.717, 1.165) is 38.5 Å². The summed E-state index contributed by atoms with van der Waals surface area (Å²) in [5.74, 6) is -0.687. The zero-order valence-electron chi connectivity index (χ0n) is 51.4. The van der Waals surface area contributed by atoms with Crippen LogP contribution in [-0.2, 0) is 14.3 Å². The van der Waals surface area contributed by atoms with E-state index < -0.39 is 74.2 Å². The second kappa shape index (κ2) is 56.6. The van der Waals surface area contributed by atoms with Crippen LogP contribution in [0.25, 0.3) is 0 Å². The van der Waals surface area contributed by atoms with Crippen LogP contribution in [0.5, 0.6) is 0 Å². The van der Waals surface area contributed by atoms with Gasteiger partial charge in [-0.05, 0) is 12.8 Å². The molecule has 1 aliphatic heterocycles. The molecule has 11 heteroatoms. The van der Waals surface area contributed by atoms with Gasteiger partial charge in [-0.2, -0.15) is 0 Å². The largest absolute Gasteiger partial charge is 0.394 e. The fourth-order valence-electron chi connectivity index (χ4n) is 11.6. The van der Waals surface area contributed by atoms with Gasteiger partial charge in [-0.25, -0.2) is 0 Å². The normalized spacial score (nSPS) is 19.3. The fourth-order valence-corrected chi connectivity index (χ4v) is 11.6. The van der Waals surface area contributed by atoms with Gasteiger partial charge in [-0.3, -0.25) is 4.79 Å². The Morgan fingerprint density at radius 3 is 0.949 bits per heavy atom. The van der Waals surface area contributed by atoms with Crippen LogP contribution in [0, 0.1) is 0 Å². The molecule has 9 unspecified atom stereocenters. The van der Waals surface area contributed by atoms with Crippen LogP contribution in [0.2, 0.25) is 0 Å². The molecule has 0 aromatic carbocycles. The minimum atomic E-state index is -1.66. The van der Waals surface area contributed by atoms with Crippen molar-refractivity contribution in [2.45, 2.75) is 409 Å². The SMILES string of the molecule is CCCCCCCCCCCCCCCCCCCCCCCCCCCCCCCCC(O)C(=O)NC(COC1OC(CO)C(O)C(O)C1O)C(O)C(O)CCCCCCCCCCCCCCCCCCCCCCC. The van der Waals surface area contributed by atoms with Crippen molar-refractivity contribution in [3.8, 4) is 0 Å². The quantitative estimate of drug-likeness (QED) is 0.0272. The van der Waals surface area contributed by atoms with Crippen LogP contribution in [0.1, 0.15) is 354 Å². The molecular formula is C67H133NO10. The zero-order valence-corrected chi connectivity index (χ0v) is 51.4. The lowest BCUT2D eigenvalue weighted by atomic mass is 9.98. The summed E-state index contributed by atoms with van der Waals surface area (Å²) in [7, 11) is 0. The molecule has 1 rings (SSSR count). The summed E-state index contributed by atoms with van der Waals surface area (Å²) >= 11 is 0. The minimum absolute atomic E-state index is 0.268. The zero-order chi connectivity index (χ0) is 56.8. The van der Waals surface area contributed by atoms with Crippen LogP contribution >= 0.6 is 0 Å². The molecule has 1 amide bonds. The third-order valence-electron chi connectivity index (χ3n) is 17.2. The highest BCUT2D eigenvalue weighted by Gasteiger charge is 2.44. The Morgan fingerprint density at radius 2 is 0.667 bits per heavy atom. The predicted molar refractivity (Wildman–Crippen MR) is 326 cm³/mol. The van der Waals surface area contributed by atoms with Crippen molar-refractivity contribution in [2.75, 3.05) is 13.2 Å². The standard InChI is InChI=1S/C67H133NO10/c1-3-5-7-9-11-13-15-17-19-21-23-25-26-27-28-29-30-31-32-33-35-37-39-41-43-45-47-49-51-53-55-60(71)66(76)68-58(57-77-67-65(75)64(74)63(73)61(56-69)78-67)62(72)59(70)54-52-50-48-46-44-42-40-38-36-34-24-22-20-18-16-14-12-10-8-6-4-2/h58-65,67,69-75H,3-57H2,1-2H3,(H,68,76). The number of aliphatic hydroxyl groups excluding tert-OH is 7. The Labute approximate surface area is 481 Å². The Hall–Kier alpha value is -0.890. The van der Waals surface area contributed by atoms with Gasteiger partial charge >= 0.3 is 0 Å². The lowest BCUT2D eigenvalue weighted by molar-refractivity contribution is -0.303. The topological polar surface area (TPSA) is 189 Å². The summed E-state index contributed by atoms with van der Waals surface area (Å²) in [6.07, 6.45) is 56.1. The average Bonchev–Trinajstić information content (AvgIpc) is 3.46. The molecular weight excluding hydrogens is 979 g/mol. The Kier molecular flexibility index (Phi) is 54.5. The van der Waals surface area contributed by atoms with Crippen molar-refractivity contribution in [2.24, 2.45) is 0 Å². The van der Waals surface area contributed by atoms with Crippen molar-refractivity contribution < 1.29 is 50.0 Å². The van der Waals surface area contributed by atoms with E-state index in [1.54, 1.807) is 0 Å². The van der Waals surface area contributed by atoms with Crippen LogP contribution in [0.3, 0.4) is 0 Å². The van der Waals surface area contributed by atoms with Gasteiger partial charge in [-0.1, -0.05) is 341 Å². The molecule has 0 spiro atoms. The van der Waals surface area contributed by atoms with E-state index >= 15 is 0 Å². The van der Waals surface area contributed by atoms with Crippen molar-refractivity contribution >= 4 is 5.91 Å². The maximum atomic E-state index is 13.2. The first-order chi connectivity index (χ1) is 38.2. The first-order valence-electron chi connectivity index (χ1n) is 34.4. The molecule has 0 aromatic heterocycles. The predicted octanol–water partition coefficient (Wildman–Crippen LogP) is 16.1. The van der Waals surface area contributed by atoms with Gasteiger partial charge in [0.15, 0.2) is 6.29 Å². The maximum absolute atomic E-state index is 13.2. The highest BCUT2D eigenvalue weighted by molar-refractivity contribution is 5.80. The first-order valence-corrected chi connectivity index (χ1v) is 34.4. The molecule has 8 N–H and O–H groups in total. The van der Waals surface area contributed by atoms with Gasteiger partial charge in [0.2, 0.25) is 5.91 Å². The lowest BCUT2D eigenvalue weighted by Crippen LogP contribution is -2.60. The number of unbranched alkanes of at least 4 members (excludes halogenated alkanes) is 49. The van der Waals surface area contributed by atoms with E-state index in [0.29, 0.717) is 19.3 Å². The Bertz CT molecular complexity index is 1230. The molecule has 0 bridgehead atoms. The number of nitrogens with one attached hydrogen (secondary N) is 1. The van der Waals surface area contributed by atoms with E-state index in [4.69, 9.17) is 9.47 Å². The van der Waals surface area contributed by atoms with Gasteiger partial charge in [-0.15, -0.1) is 0 Å². The summed E-state index contributed by atoms with van der Waals surface area (Å²) < 4.78 is 11.2. The number of rotatable bonds is 61. The Balaban J connectivity index is 2.18. The Morgan fingerprint density at radius 1 is 0.397 bits per heavy atom. The third kappa shape index (κ3) is 43.7. The maximum Gasteiger partial charge on any atom is 0.249 e. The number of carbonyl (C=O) groups excluding carboxylic acids is 1. The number of amides is 1. The molecule has 9 atom stereocenters. The van der Waals surface area contributed by atoms with Crippen molar-refractivity contribution in [3.05, 3.63) is 0 Å². The molecule has 0 radical (unpaired) electrons. The fraction of sp³-hybridized carbons (Fsp3) is 0.985. The summed E-state index contributed by atoms with van der Waals surface area (Å²) in [5, 5.41) is 76.5. The molecule has 466 valence electrons. The molecule has 0 aromatic rings. The molecule has 1 aliphatic rings. The monoisotopic (exact) mass is 1110 g/mol. The van der Waals surface area contributed by atoms with Crippen molar-refractivity contribution in [1.29, 1.82) is 0 Å². The molecule has 1 saturated heterocycles. The summed E-state index contributed by atoms with van der Waals surface area (Å²) in [6.45, 7) is 3.52. The van der Waals surface area contributed by atoms with Crippen LogP contribution in [0.15, 0.2) is 0 Å². The molecule has 0 aliphatic carbocycles. The number of ether oxygens (including phenoxy) is 2. The van der Waals surface area contributed by atoms with Gasteiger partial charge in [0.1, 0.15) is 36.6 Å². The highest BCUT2D eigenvalue weighted by atomic mass is 16.7. The second-order valence-electron chi connectivity index (χ2n) is 24.6. The lowest BCUT2D eigenvalue weighted by Gasteiger charge is -2.40. The third-order valence-corrected chi connectivity index (χ3v) is 17.2. The molecule has 0 saturated carbocycles. The van der Waals surface area contributed by atoms with E-state index in [-0.39, 0.29) is 6.42 Å². The van der Waals surface area contributed by atoms with Crippen molar-refractivity contribution in [3.63, 3.8) is 0 Å². The van der Waals surface area contributed by atoms with Crippen LogP contribution in [0.4, 0.5) is 0 Å². The first kappa shape index (κ1) is 75.1. The summed E-state index contributed by atoms with van der Waals surface area (Å²) in [6, 6.07) is -1.16. The number of carbonyl (C=O) groups is 1. The van der Waals surface area contributed by atoms with Crippen LogP contribution in [-0.4, -0.2) is 110 Å². The second-order valence-corrected chi connectivity index (χ2v) is 24.6. The molecule has 1 fully saturated rings. The smallest absolute Gasteiger partial charge is 0.249 e. The number of aliphatic hydroxyl groups is 7. The van der Waals surface area contributed by atoms with E-state index in [1.807, 2.05) is 0 Å². The molecule has 1 heterocycles. The van der Waals surface area contributed by atoms with E-state index in [1.165, 1.54) is 276 Å². The molecule has 11 nitrogen and oxygen atoms in total. The number of hydrogen-bond acceptors (Lipinski definition) is 10. The highest BCUT2D eigenvalue weighted by Crippen LogP contribution is 2.24. The average molecular weight is 1110 g/mol. The van der Waals surface area contributed by atoms with Gasteiger partial charge in [0.25, 0.3) is 0 Å². The number of hydrogen-bond donors (Lipinski definition) is 8.